The minimum absolute atomic E-state index is 0.0273. The van der Waals surface area contributed by atoms with Crippen molar-refractivity contribution in [2.24, 2.45) is 0 Å². The van der Waals surface area contributed by atoms with Crippen LogP contribution in [0.1, 0.15) is 37.8 Å². The standard InChI is InChI=1S/C14H18O2/c1-10(2)12-7-8-14(16)13(9-12)6-4-5-11(3)15/h4-5,7-10,16H,6H2,1-3H3/b5-4+. The van der Waals surface area contributed by atoms with Gasteiger partial charge in [-0.2, -0.15) is 0 Å². The Bertz CT molecular complexity index is 403. The summed E-state index contributed by atoms with van der Waals surface area (Å²) in [4.78, 5) is 10.7. The summed E-state index contributed by atoms with van der Waals surface area (Å²) in [6, 6.07) is 5.63. The highest BCUT2D eigenvalue weighted by molar-refractivity contribution is 5.87. The van der Waals surface area contributed by atoms with Crippen LogP contribution in [0.4, 0.5) is 0 Å². The van der Waals surface area contributed by atoms with Gasteiger partial charge in [-0.25, -0.2) is 0 Å². The number of rotatable bonds is 4. The van der Waals surface area contributed by atoms with Crippen molar-refractivity contribution in [3.8, 4) is 5.75 Å². The van der Waals surface area contributed by atoms with E-state index >= 15 is 0 Å². The lowest BCUT2D eigenvalue weighted by molar-refractivity contribution is -0.112. The summed E-state index contributed by atoms with van der Waals surface area (Å²) in [6.07, 6.45) is 3.90. The zero-order valence-corrected chi connectivity index (χ0v) is 10.0. The highest BCUT2D eigenvalue weighted by atomic mass is 16.3. The highest BCUT2D eigenvalue weighted by Gasteiger charge is 2.04. The second kappa shape index (κ2) is 5.50. The van der Waals surface area contributed by atoms with Gasteiger partial charge in [-0.1, -0.05) is 32.1 Å². The van der Waals surface area contributed by atoms with Gasteiger partial charge in [0.05, 0.1) is 0 Å². The van der Waals surface area contributed by atoms with Gasteiger partial charge < -0.3 is 5.11 Å². The maximum Gasteiger partial charge on any atom is 0.152 e. The number of phenols is 1. The molecule has 0 atom stereocenters. The molecule has 1 aromatic carbocycles. The summed E-state index contributed by atoms with van der Waals surface area (Å²) in [5.74, 6) is 0.758. The van der Waals surface area contributed by atoms with Gasteiger partial charge in [0, 0.05) is 0 Å². The molecular formula is C14H18O2. The van der Waals surface area contributed by atoms with Crippen molar-refractivity contribution in [2.75, 3.05) is 0 Å². The molecule has 16 heavy (non-hydrogen) atoms. The molecule has 1 N–H and O–H groups in total. The van der Waals surface area contributed by atoms with Crippen LogP contribution >= 0.6 is 0 Å². The van der Waals surface area contributed by atoms with Crippen LogP contribution in [0.5, 0.6) is 5.75 Å². The van der Waals surface area contributed by atoms with Gasteiger partial charge >= 0.3 is 0 Å². The van der Waals surface area contributed by atoms with E-state index < -0.39 is 0 Å². The van der Waals surface area contributed by atoms with Gasteiger partial charge in [0.1, 0.15) is 5.75 Å². The van der Waals surface area contributed by atoms with E-state index in [4.69, 9.17) is 0 Å². The Hall–Kier alpha value is -1.57. The minimum Gasteiger partial charge on any atom is -0.508 e. The topological polar surface area (TPSA) is 37.3 Å². The van der Waals surface area contributed by atoms with Gasteiger partial charge in [0.15, 0.2) is 5.78 Å². The maximum atomic E-state index is 10.7. The van der Waals surface area contributed by atoms with Gasteiger partial charge in [-0.15, -0.1) is 0 Å². The number of phenolic OH excluding ortho intramolecular Hbond substituents is 1. The number of benzene rings is 1. The van der Waals surface area contributed by atoms with E-state index in [0.29, 0.717) is 12.3 Å². The number of carbonyl (C=O) groups excluding carboxylic acids is 1. The van der Waals surface area contributed by atoms with Crippen LogP contribution in [0.3, 0.4) is 0 Å². The Balaban J connectivity index is 2.86. The first-order chi connectivity index (χ1) is 7.50. The monoisotopic (exact) mass is 218 g/mol. The maximum absolute atomic E-state index is 10.7. The van der Waals surface area contributed by atoms with E-state index in [1.807, 2.05) is 12.1 Å². The molecule has 86 valence electrons. The van der Waals surface area contributed by atoms with Crippen molar-refractivity contribution in [1.82, 2.24) is 0 Å². The average molecular weight is 218 g/mol. The van der Waals surface area contributed by atoms with Crippen molar-refractivity contribution >= 4 is 5.78 Å². The Kier molecular flexibility index (Phi) is 4.29. The summed E-state index contributed by atoms with van der Waals surface area (Å²) in [5.41, 5.74) is 2.06. The van der Waals surface area contributed by atoms with E-state index in [1.165, 1.54) is 18.6 Å². The molecule has 0 amide bonds. The molecule has 0 aromatic heterocycles. The first-order valence-electron chi connectivity index (χ1n) is 5.49. The lowest BCUT2D eigenvalue weighted by Gasteiger charge is -2.08. The quantitative estimate of drug-likeness (QED) is 0.788. The van der Waals surface area contributed by atoms with E-state index in [9.17, 15) is 9.90 Å². The molecule has 1 aromatic rings. The number of hydrogen-bond donors (Lipinski definition) is 1. The third kappa shape index (κ3) is 3.54. The van der Waals surface area contributed by atoms with Crippen LogP contribution in [-0.2, 0) is 11.2 Å². The fourth-order valence-electron chi connectivity index (χ4n) is 1.48. The lowest BCUT2D eigenvalue weighted by Crippen LogP contribution is -1.91. The molecule has 0 fully saturated rings. The minimum atomic E-state index is 0.0273. The zero-order chi connectivity index (χ0) is 12.1. The van der Waals surface area contributed by atoms with E-state index in [2.05, 4.69) is 13.8 Å². The van der Waals surface area contributed by atoms with Crippen molar-refractivity contribution in [3.05, 3.63) is 41.5 Å². The predicted octanol–water partition coefficient (Wildman–Crippen LogP) is 3.20. The summed E-state index contributed by atoms with van der Waals surface area (Å²) in [5, 5.41) is 9.66. The number of aromatic hydroxyl groups is 1. The SMILES string of the molecule is CC(=O)/C=C/Cc1cc(C(C)C)ccc1O. The van der Waals surface area contributed by atoms with Crippen molar-refractivity contribution in [3.63, 3.8) is 0 Å². The van der Waals surface area contributed by atoms with Gasteiger partial charge in [0.25, 0.3) is 0 Å². The van der Waals surface area contributed by atoms with Crippen LogP contribution in [-0.4, -0.2) is 10.9 Å². The molecule has 0 spiro atoms. The van der Waals surface area contributed by atoms with Crippen LogP contribution in [0.25, 0.3) is 0 Å². The fraction of sp³-hybridized carbons (Fsp3) is 0.357. The third-order valence-electron chi connectivity index (χ3n) is 2.46. The normalized spacial score (nSPS) is 11.2. The first-order valence-corrected chi connectivity index (χ1v) is 5.49. The molecule has 0 bridgehead atoms. The molecule has 2 heteroatoms. The molecule has 0 saturated carbocycles. The lowest BCUT2D eigenvalue weighted by atomic mass is 9.99. The highest BCUT2D eigenvalue weighted by Crippen LogP contribution is 2.23. The summed E-state index contributed by atoms with van der Waals surface area (Å²) in [6.45, 7) is 5.74. The number of hydrogen-bond acceptors (Lipinski definition) is 2. The molecule has 0 heterocycles. The zero-order valence-electron chi connectivity index (χ0n) is 10.0. The Labute approximate surface area is 96.6 Å². The van der Waals surface area contributed by atoms with Crippen molar-refractivity contribution < 1.29 is 9.90 Å². The van der Waals surface area contributed by atoms with Gasteiger partial charge in [-0.05, 0) is 42.5 Å². The third-order valence-corrected chi connectivity index (χ3v) is 2.46. The van der Waals surface area contributed by atoms with Crippen LogP contribution in [0.2, 0.25) is 0 Å². The molecule has 2 nitrogen and oxygen atoms in total. The Morgan fingerprint density at radius 1 is 1.44 bits per heavy atom. The number of allylic oxidation sites excluding steroid dienone is 2. The molecular weight excluding hydrogens is 200 g/mol. The predicted molar refractivity (Wildman–Crippen MR) is 65.7 cm³/mol. The Morgan fingerprint density at radius 2 is 2.12 bits per heavy atom. The average Bonchev–Trinajstić information content (AvgIpc) is 2.20. The van der Waals surface area contributed by atoms with Crippen molar-refractivity contribution in [2.45, 2.75) is 33.1 Å². The smallest absolute Gasteiger partial charge is 0.152 e. The molecule has 0 aliphatic rings. The van der Waals surface area contributed by atoms with Gasteiger partial charge in [0.2, 0.25) is 0 Å². The molecule has 0 aliphatic carbocycles. The summed E-state index contributed by atoms with van der Waals surface area (Å²) >= 11 is 0. The number of ketones is 1. The van der Waals surface area contributed by atoms with Crippen molar-refractivity contribution in [1.29, 1.82) is 0 Å². The summed E-state index contributed by atoms with van der Waals surface area (Å²) < 4.78 is 0. The molecule has 0 saturated heterocycles. The fourth-order valence-corrected chi connectivity index (χ4v) is 1.48. The molecule has 0 unspecified atom stereocenters. The largest absolute Gasteiger partial charge is 0.508 e. The summed E-state index contributed by atoms with van der Waals surface area (Å²) in [7, 11) is 0. The van der Waals surface area contributed by atoms with Crippen LogP contribution < -0.4 is 0 Å². The van der Waals surface area contributed by atoms with Gasteiger partial charge in [-0.3, -0.25) is 4.79 Å². The number of carbonyl (C=O) groups is 1. The van der Waals surface area contributed by atoms with Crippen LogP contribution in [0, 0.1) is 0 Å². The molecule has 0 aliphatic heterocycles. The Morgan fingerprint density at radius 3 is 2.69 bits per heavy atom. The van der Waals surface area contributed by atoms with E-state index in [1.54, 1.807) is 12.1 Å². The van der Waals surface area contributed by atoms with Crippen LogP contribution in [0.15, 0.2) is 30.4 Å². The van der Waals surface area contributed by atoms with E-state index in [-0.39, 0.29) is 11.5 Å². The van der Waals surface area contributed by atoms with E-state index in [0.717, 1.165) is 5.56 Å². The molecule has 0 radical (unpaired) electrons. The second-order valence-electron chi connectivity index (χ2n) is 4.26. The second-order valence-corrected chi connectivity index (χ2v) is 4.26. The first kappa shape index (κ1) is 12.5. The molecule has 1 rings (SSSR count).